The molecular weight excluding hydrogens is 416 g/mol. The third-order valence-corrected chi connectivity index (χ3v) is 5.48. The summed E-state index contributed by atoms with van der Waals surface area (Å²) < 4.78 is 7.23. The fourth-order valence-corrected chi connectivity index (χ4v) is 4.04. The van der Waals surface area contributed by atoms with E-state index in [1.54, 1.807) is 26.6 Å². The van der Waals surface area contributed by atoms with Gasteiger partial charge < -0.3 is 14.5 Å². The van der Waals surface area contributed by atoms with E-state index in [9.17, 15) is 9.59 Å². The number of hydrogen-bond acceptors (Lipinski definition) is 4. The quantitative estimate of drug-likeness (QED) is 0.593. The largest absolute Gasteiger partial charge is 0.444 e. The smallest absolute Gasteiger partial charge is 0.410 e. The summed E-state index contributed by atoms with van der Waals surface area (Å²) in [5, 5.41) is 1.04. The lowest BCUT2D eigenvalue weighted by atomic mass is 10.2. The molecule has 7 nitrogen and oxygen atoms in total. The van der Waals surface area contributed by atoms with E-state index < -0.39 is 5.60 Å². The summed E-state index contributed by atoms with van der Waals surface area (Å²) in [5.74, 6) is -0.165. The summed E-state index contributed by atoms with van der Waals surface area (Å²) >= 11 is 6.74. The minimum absolute atomic E-state index is 0.165. The second kappa shape index (κ2) is 8.23. The molecule has 0 radical (unpaired) electrons. The lowest BCUT2D eigenvalue weighted by Gasteiger charge is -2.35. The van der Waals surface area contributed by atoms with Crippen LogP contribution in [0, 0.1) is 0 Å². The van der Waals surface area contributed by atoms with E-state index in [1.165, 1.54) is 0 Å². The zero-order valence-corrected chi connectivity index (χ0v) is 18.6. The average molecular weight is 441 g/mol. The Morgan fingerprint density at radius 1 is 0.968 bits per heavy atom. The molecule has 0 N–H and O–H groups in total. The number of amides is 2. The molecule has 1 saturated heterocycles. The second-order valence-corrected chi connectivity index (χ2v) is 8.83. The Morgan fingerprint density at radius 3 is 2.26 bits per heavy atom. The van der Waals surface area contributed by atoms with Crippen molar-refractivity contribution in [3.8, 4) is 5.69 Å². The summed E-state index contributed by atoms with van der Waals surface area (Å²) in [5.41, 5.74) is 1.35. The maximum atomic E-state index is 13.5. The van der Waals surface area contributed by atoms with Gasteiger partial charge >= 0.3 is 6.09 Å². The molecule has 8 heteroatoms. The Morgan fingerprint density at radius 2 is 1.61 bits per heavy atom. The van der Waals surface area contributed by atoms with Gasteiger partial charge in [0.05, 0.1) is 5.56 Å². The first-order chi connectivity index (χ1) is 14.8. The maximum Gasteiger partial charge on any atom is 0.410 e. The van der Waals surface area contributed by atoms with Gasteiger partial charge in [0.25, 0.3) is 5.91 Å². The number of nitrogens with zero attached hydrogens (tertiary/aromatic N) is 4. The van der Waals surface area contributed by atoms with E-state index >= 15 is 0 Å². The summed E-state index contributed by atoms with van der Waals surface area (Å²) in [7, 11) is 0. The number of aromatic nitrogens is 2. The normalized spacial score (nSPS) is 14.7. The van der Waals surface area contributed by atoms with Gasteiger partial charge in [-0.3, -0.25) is 9.36 Å². The first kappa shape index (κ1) is 21.2. The molecule has 1 aliphatic heterocycles. The number of fused-ring (bicyclic) bond motifs is 1. The van der Waals surface area contributed by atoms with Crippen LogP contribution in [-0.2, 0) is 4.74 Å². The Balaban J connectivity index is 1.60. The van der Waals surface area contributed by atoms with Gasteiger partial charge in [0.15, 0.2) is 0 Å². The molecule has 3 aromatic rings. The van der Waals surface area contributed by atoms with Crippen molar-refractivity contribution in [3.05, 3.63) is 59.4 Å². The molecule has 0 aliphatic carbocycles. The molecule has 1 fully saturated rings. The van der Waals surface area contributed by atoms with Crippen LogP contribution in [-0.4, -0.2) is 63.1 Å². The monoisotopic (exact) mass is 440 g/mol. The van der Waals surface area contributed by atoms with E-state index in [0.717, 1.165) is 5.69 Å². The molecule has 1 aliphatic rings. The highest BCUT2D eigenvalue weighted by atomic mass is 35.5. The van der Waals surface area contributed by atoms with Crippen LogP contribution in [0.3, 0.4) is 0 Å². The van der Waals surface area contributed by atoms with Crippen molar-refractivity contribution < 1.29 is 14.3 Å². The van der Waals surface area contributed by atoms with Crippen LogP contribution in [0.15, 0.2) is 48.7 Å². The number of benzene rings is 1. The first-order valence-corrected chi connectivity index (χ1v) is 10.6. The van der Waals surface area contributed by atoms with E-state index in [4.69, 9.17) is 16.3 Å². The van der Waals surface area contributed by atoms with Crippen LogP contribution in [0.4, 0.5) is 4.79 Å². The van der Waals surface area contributed by atoms with Crippen molar-refractivity contribution in [2.75, 3.05) is 26.2 Å². The molecule has 3 heterocycles. The zero-order valence-electron chi connectivity index (χ0n) is 17.8. The zero-order chi connectivity index (χ0) is 22.2. The predicted octanol–water partition coefficient (Wildman–Crippen LogP) is 4.37. The third kappa shape index (κ3) is 4.23. The van der Waals surface area contributed by atoms with Gasteiger partial charge in [-0.25, -0.2) is 9.78 Å². The van der Waals surface area contributed by atoms with Crippen LogP contribution in [0.1, 0.15) is 31.1 Å². The van der Waals surface area contributed by atoms with Crippen molar-refractivity contribution in [3.63, 3.8) is 0 Å². The number of carbonyl (C=O) groups excluding carboxylic acids is 2. The van der Waals surface area contributed by atoms with Crippen LogP contribution in [0.2, 0.25) is 5.15 Å². The van der Waals surface area contributed by atoms with Crippen molar-refractivity contribution >= 4 is 34.6 Å². The molecular formula is C23H25ClN4O3. The van der Waals surface area contributed by atoms with Gasteiger partial charge in [-0.2, -0.15) is 0 Å². The molecule has 0 bridgehead atoms. The summed E-state index contributed by atoms with van der Waals surface area (Å²) in [6, 6.07) is 13.3. The Kier molecular flexibility index (Phi) is 5.62. The molecule has 0 atom stereocenters. The third-order valence-electron chi connectivity index (χ3n) is 5.12. The van der Waals surface area contributed by atoms with Gasteiger partial charge in [-0.05, 0) is 45.0 Å². The highest BCUT2D eigenvalue weighted by Gasteiger charge is 2.31. The minimum atomic E-state index is -0.552. The van der Waals surface area contributed by atoms with Crippen molar-refractivity contribution in [1.82, 2.24) is 19.4 Å². The van der Waals surface area contributed by atoms with E-state index in [2.05, 4.69) is 4.98 Å². The summed E-state index contributed by atoms with van der Waals surface area (Å²) in [6.45, 7) is 7.15. The Labute approximate surface area is 186 Å². The number of hydrogen-bond donors (Lipinski definition) is 0. The highest BCUT2D eigenvalue weighted by Crippen LogP contribution is 2.33. The van der Waals surface area contributed by atoms with Crippen molar-refractivity contribution in [2.24, 2.45) is 0 Å². The lowest BCUT2D eigenvalue weighted by molar-refractivity contribution is 0.0141. The Bertz CT molecular complexity index is 1110. The topological polar surface area (TPSA) is 67.7 Å². The number of halogens is 1. The van der Waals surface area contributed by atoms with Crippen LogP contribution in [0.25, 0.3) is 16.7 Å². The molecule has 2 aromatic heterocycles. The van der Waals surface area contributed by atoms with Crippen molar-refractivity contribution in [1.29, 1.82) is 0 Å². The molecule has 0 unspecified atom stereocenters. The molecule has 0 saturated carbocycles. The van der Waals surface area contributed by atoms with Gasteiger partial charge in [-0.15, -0.1) is 0 Å². The maximum absolute atomic E-state index is 13.5. The molecule has 1 aromatic carbocycles. The van der Waals surface area contributed by atoms with Gasteiger partial charge in [-0.1, -0.05) is 29.8 Å². The highest BCUT2D eigenvalue weighted by molar-refractivity contribution is 6.35. The summed E-state index contributed by atoms with van der Waals surface area (Å²) in [4.78, 5) is 33.6. The van der Waals surface area contributed by atoms with Crippen LogP contribution >= 0.6 is 11.6 Å². The minimum Gasteiger partial charge on any atom is -0.444 e. The Hall–Kier alpha value is -3.06. The van der Waals surface area contributed by atoms with Gasteiger partial charge in [0.2, 0.25) is 0 Å². The fourth-order valence-electron chi connectivity index (χ4n) is 3.68. The number of pyridine rings is 1. The standard InChI is InChI=1S/C23H25ClN4O3/c1-23(2,3)31-22(30)27-14-12-26(13-15-27)21(29)18-17-10-7-11-25-20(17)28(19(18)24)16-8-5-4-6-9-16/h4-11H,12-15H2,1-3H3. The lowest BCUT2D eigenvalue weighted by Crippen LogP contribution is -2.51. The number of carbonyl (C=O) groups is 2. The average Bonchev–Trinajstić information content (AvgIpc) is 3.04. The number of ether oxygens (including phenoxy) is 1. The van der Waals surface area contributed by atoms with Crippen LogP contribution < -0.4 is 0 Å². The molecule has 162 valence electrons. The summed E-state index contributed by atoms with van der Waals surface area (Å²) in [6.07, 6.45) is 1.33. The van der Waals surface area contributed by atoms with E-state index in [-0.39, 0.29) is 12.0 Å². The number of rotatable bonds is 2. The number of para-hydroxylation sites is 1. The number of piperazine rings is 1. The van der Waals surface area contributed by atoms with E-state index in [0.29, 0.717) is 47.9 Å². The molecule has 31 heavy (non-hydrogen) atoms. The predicted molar refractivity (Wildman–Crippen MR) is 120 cm³/mol. The van der Waals surface area contributed by atoms with Gasteiger partial charge in [0, 0.05) is 43.4 Å². The second-order valence-electron chi connectivity index (χ2n) is 8.47. The van der Waals surface area contributed by atoms with Crippen LogP contribution in [0.5, 0.6) is 0 Å². The first-order valence-electron chi connectivity index (χ1n) is 10.2. The fraction of sp³-hybridized carbons (Fsp3) is 0.348. The van der Waals surface area contributed by atoms with E-state index in [1.807, 2.05) is 57.2 Å². The molecule has 0 spiro atoms. The SMILES string of the molecule is CC(C)(C)OC(=O)N1CCN(C(=O)c2c(Cl)n(-c3ccccc3)c3ncccc23)CC1. The van der Waals surface area contributed by atoms with Gasteiger partial charge in [0.1, 0.15) is 16.4 Å². The van der Waals surface area contributed by atoms with Crippen molar-refractivity contribution in [2.45, 2.75) is 26.4 Å². The molecule has 4 rings (SSSR count). The molecule has 2 amide bonds.